The Morgan fingerprint density at radius 1 is 0.724 bits per heavy atom. The van der Waals surface area contributed by atoms with E-state index in [9.17, 15) is 0 Å². The van der Waals surface area contributed by atoms with Gasteiger partial charge in [0.1, 0.15) is 5.52 Å². The zero-order valence-electron chi connectivity index (χ0n) is 17.2. The van der Waals surface area contributed by atoms with Crippen LogP contribution in [0.1, 0.15) is 11.1 Å². The van der Waals surface area contributed by atoms with Gasteiger partial charge in [-0.1, -0.05) is 12.1 Å². The first-order valence-corrected chi connectivity index (χ1v) is 9.33. The molecule has 5 heteroatoms. The Kier molecular flexibility index (Phi) is 4.89. The van der Waals surface area contributed by atoms with Crippen LogP contribution in [0.4, 0.5) is 0 Å². The number of oxazole rings is 1. The molecule has 4 rings (SSSR count). The summed E-state index contributed by atoms with van der Waals surface area (Å²) in [6.45, 7) is 4.18. The first kappa shape index (κ1) is 18.9. The molecule has 29 heavy (non-hydrogen) atoms. The maximum absolute atomic E-state index is 6.08. The predicted octanol–water partition coefficient (Wildman–Crippen LogP) is 5.80. The van der Waals surface area contributed by atoms with E-state index in [1.807, 2.05) is 36.4 Å². The maximum atomic E-state index is 6.08. The number of fused-ring (bicyclic) bond motifs is 1. The molecule has 148 valence electrons. The zero-order valence-corrected chi connectivity index (χ0v) is 17.2. The van der Waals surface area contributed by atoms with Crippen LogP contribution in [0.25, 0.3) is 33.7 Å². The Bertz CT molecular complexity index is 1190. The molecule has 0 aliphatic rings. The predicted molar refractivity (Wildman–Crippen MR) is 114 cm³/mol. The van der Waals surface area contributed by atoms with Crippen LogP contribution in [0.2, 0.25) is 0 Å². The normalized spacial score (nSPS) is 10.9. The van der Waals surface area contributed by atoms with E-state index in [-0.39, 0.29) is 0 Å². The minimum Gasteiger partial charge on any atom is -0.493 e. The molecule has 0 atom stereocenters. The minimum atomic E-state index is 0.556. The van der Waals surface area contributed by atoms with Crippen LogP contribution in [-0.2, 0) is 0 Å². The van der Waals surface area contributed by atoms with E-state index in [0.29, 0.717) is 28.7 Å². The highest BCUT2D eigenvalue weighted by molar-refractivity contribution is 5.85. The molecule has 0 fully saturated rings. The molecule has 1 heterocycles. The van der Waals surface area contributed by atoms with Crippen molar-refractivity contribution in [3.63, 3.8) is 0 Å². The van der Waals surface area contributed by atoms with Crippen molar-refractivity contribution in [2.24, 2.45) is 0 Å². The average molecular weight is 389 g/mol. The van der Waals surface area contributed by atoms with E-state index >= 15 is 0 Å². The second kappa shape index (κ2) is 7.51. The number of methoxy groups -OCH3 is 3. The maximum Gasteiger partial charge on any atom is 0.227 e. The minimum absolute atomic E-state index is 0.556. The molecule has 0 bridgehead atoms. The van der Waals surface area contributed by atoms with Gasteiger partial charge in [0.25, 0.3) is 0 Å². The van der Waals surface area contributed by atoms with E-state index in [4.69, 9.17) is 18.6 Å². The summed E-state index contributed by atoms with van der Waals surface area (Å²) in [4.78, 5) is 4.65. The summed E-state index contributed by atoms with van der Waals surface area (Å²) in [5.74, 6) is 2.39. The van der Waals surface area contributed by atoms with Crippen LogP contribution in [0.5, 0.6) is 17.2 Å². The van der Waals surface area contributed by atoms with Gasteiger partial charge in [-0.25, -0.2) is 4.98 Å². The van der Waals surface area contributed by atoms with E-state index in [1.165, 1.54) is 11.1 Å². The number of aryl methyl sites for hydroxylation is 2. The SMILES string of the molecule is COc1ccc(-c2ccc3nc(-c4ccc(C)c(C)c4)oc3c2)c(OC)c1OC. The van der Waals surface area contributed by atoms with E-state index < -0.39 is 0 Å². The fourth-order valence-corrected chi connectivity index (χ4v) is 3.42. The van der Waals surface area contributed by atoms with Gasteiger partial charge < -0.3 is 18.6 Å². The summed E-state index contributed by atoms with van der Waals surface area (Å²) in [5.41, 5.74) is 6.77. The van der Waals surface area contributed by atoms with Gasteiger partial charge in [0.15, 0.2) is 17.1 Å². The van der Waals surface area contributed by atoms with Gasteiger partial charge in [-0.15, -0.1) is 0 Å². The largest absolute Gasteiger partial charge is 0.493 e. The number of nitrogens with zero attached hydrogens (tertiary/aromatic N) is 1. The lowest BCUT2D eigenvalue weighted by Crippen LogP contribution is -1.96. The van der Waals surface area contributed by atoms with Gasteiger partial charge >= 0.3 is 0 Å². The first-order valence-electron chi connectivity index (χ1n) is 9.33. The van der Waals surface area contributed by atoms with Crippen molar-refractivity contribution in [1.29, 1.82) is 0 Å². The Balaban J connectivity index is 1.81. The summed E-state index contributed by atoms with van der Waals surface area (Å²) >= 11 is 0. The van der Waals surface area contributed by atoms with Crippen LogP contribution in [0, 0.1) is 13.8 Å². The lowest BCUT2D eigenvalue weighted by Gasteiger charge is -2.15. The molecule has 0 saturated carbocycles. The summed E-state index contributed by atoms with van der Waals surface area (Å²) in [7, 11) is 4.82. The molecule has 1 aromatic heterocycles. The zero-order chi connectivity index (χ0) is 20.5. The highest BCUT2D eigenvalue weighted by Gasteiger charge is 2.18. The second-order valence-corrected chi connectivity index (χ2v) is 6.88. The molecule has 0 amide bonds. The Hall–Kier alpha value is -3.47. The van der Waals surface area contributed by atoms with Crippen molar-refractivity contribution in [3.05, 3.63) is 59.7 Å². The lowest BCUT2D eigenvalue weighted by molar-refractivity contribution is 0.325. The van der Waals surface area contributed by atoms with Gasteiger partial charge in [0.2, 0.25) is 11.6 Å². The highest BCUT2D eigenvalue weighted by Crippen LogP contribution is 2.44. The summed E-state index contributed by atoms with van der Waals surface area (Å²) < 4.78 is 22.6. The molecule has 0 radical (unpaired) electrons. The van der Waals surface area contributed by atoms with Gasteiger partial charge in [-0.05, 0) is 66.9 Å². The second-order valence-electron chi connectivity index (χ2n) is 6.88. The fraction of sp³-hybridized carbons (Fsp3) is 0.208. The molecule has 0 spiro atoms. The fourth-order valence-electron chi connectivity index (χ4n) is 3.42. The van der Waals surface area contributed by atoms with E-state index in [1.54, 1.807) is 21.3 Å². The number of hydrogen-bond acceptors (Lipinski definition) is 5. The number of rotatable bonds is 5. The van der Waals surface area contributed by atoms with Crippen molar-refractivity contribution in [2.75, 3.05) is 21.3 Å². The molecular weight excluding hydrogens is 366 g/mol. The third-order valence-electron chi connectivity index (χ3n) is 5.16. The summed E-state index contributed by atoms with van der Waals surface area (Å²) in [6.07, 6.45) is 0. The first-order chi connectivity index (χ1) is 14.0. The monoisotopic (exact) mass is 389 g/mol. The number of hydrogen-bond donors (Lipinski definition) is 0. The van der Waals surface area contributed by atoms with Crippen molar-refractivity contribution < 1.29 is 18.6 Å². The molecule has 0 N–H and O–H groups in total. The Morgan fingerprint density at radius 3 is 2.17 bits per heavy atom. The smallest absolute Gasteiger partial charge is 0.227 e. The topological polar surface area (TPSA) is 53.7 Å². The average Bonchev–Trinajstić information content (AvgIpc) is 3.17. The molecule has 0 aliphatic heterocycles. The third-order valence-corrected chi connectivity index (χ3v) is 5.16. The van der Waals surface area contributed by atoms with E-state index in [0.717, 1.165) is 22.2 Å². The number of aromatic nitrogens is 1. The molecule has 0 aliphatic carbocycles. The van der Waals surface area contributed by atoms with Crippen LogP contribution in [0.15, 0.2) is 52.9 Å². The number of ether oxygens (including phenoxy) is 3. The Labute approximate surface area is 169 Å². The summed E-state index contributed by atoms with van der Waals surface area (Å²) in [6, 6.07) is 15.9. The molecular formula is C24H23NO4. The van der Waals surface area contributed by atoms with Crippen molar-refractivity contribution in [2.45, 2.75) is 13.8 Å². The van der Waals surface area contributed by atoms with Crippen molar-refractivity contribution in [3.8, 4) is 39.8 Å². The Morgan fingerprint density at radius 2 is 1.48 bits per heavy atom. The molecule has 0 saturated heterocycles. The van der Waals surface area contributed by atoms with Crippen molar-refractivity contribution in [1.82, 2.24) is 4.98 Å². The summed E-state index contributed by atoms with van der Waals surface area (Å²) in [5, 5.41) is 0. The molecule has 5 nitrogen and oxygen atoms in total. The van der Waals surface area contributed by atoms with Gasteiger partial charge in [0, 0.05) is 11.1 Å². The number of benzene rings is 3. The van der Waals surface area contributed by atoms with Crippen molar-refractivity contribution >= 4 is 11.1 Å². The lowest BCUT2D eigenvalue weighted by atomic mass is 10.0. The van der Waals surface area contributed by atoms with Crippen LogP contribution in [0.3, 0.4) is 0 Å². The van der Waals surface area contributed by atoms with Gasteiger partial charge in [0.05, 0.1) is 21.3 Å². The highest BCUT2D eigenvalue weighted by atomic mass is 16.5. The van der Waals surface area contributed by atoms with Crippen LogP contribution < -0.4 is 14.2 Å². The van der Waals surface area contributed by atoms with Crippen LogP contribution in [-0.4, -0.2) is 26.3 Å². The van der Waals surface area contributed by atoms with E-state index in [2.05, 4.69) is 31.0 Å². The van der Waals surface area contributed by atoms with Gasteiger partial charge in [-0.2, -0.15) is 0 Å². The molecule has 0 unspecified atom stereocenters. The quantitative estimate of drug-likeness (QED) is 0.431. The third kappa shape index (κ3) is 3.29. The molecule has 3 aromatic carbocycles. The van der Waals surface area contributed by atoms with Crippen LogP contribution >= 0.6 is 0 Å². The standard InChI is InChI=1S/C24H23NO4/c1-14-6-7-17(12-15(14)2)24-25-19-10-8-16(13-21(19)29-24)18-9-11-20(26-3)23(28-5)22(18)27-4/h6-13H,1-5H3. The van der Waals surface area contributed by atoms with Gasteiger partial charge in [-0.3, -0.25) is 0 Å². The molecule has 4 aromatic rings.